The maximum atomic E-state index is 13.3. The highest BCUT2D eigenvalue weighted by Gasteiger charge is 2.45. The monoisotopic (exact) mass is 475 g/mol. The Kier molecular flexibility index (Phi) is 6.01. The van der Waals surface area contributed by atoms with E-state index in [-0.39, 0.29) is 13.4 Å². The lowest BCUT2D eigenvalue weighted by Crippen LogP contribution is -2.50. The van der Waals surface area contributed by atoms with Crippen LogP contribution in [0.2, 0.25) is 0 Å². The van der Waals surface area contributed by atoms with Gasteiger partial charge in [0.1, 0.15) is 11.5 Å². The summed E-state index contributed by atoms with van der Waals surface area (Å²) in [7, 11) is 0. The van der Waals surface area contributed by atoms with E-state index in [0.717, 1.165) is 34.1 Å². The molecule has 7 heteroatoms. The van der Waals surface area contributed by atoms with Crippen LogP contribution in [0.1, 0.15) is 55.4 Å². The van der Waals surface area contributed by atoms with Crippen LogP contribution in [0.15, 0.2) is 54.6 Å². The van der Waals surface area contributed by atoms with Crippen molar-refractivity contribution in [2.75, 3.05) is 13.1 Å². The summed E-state index contributed by atoms with van der Waals surface area (Å²) in [6.07, 6.45) is 2.17. The molecule has 35 heavy (non-hydrogen) atoms. The molecule has 3 aromatic rings. The molecule has 1 spiro atoms. The van der Waals surface area contributed by atoms with Crippen molar-refractivity contribution >= 4 is 12.3 Å². The minimum absolute atomic E-state index is 0. The number of aryl methyl sites for hydroxylation is 1. The lowest BCUT2D eigenvalue weighted by molar-refractivity contribution is -0.109. The molecule has 184 valence electrons. The quantitative estimate of drug-likeness (QED) is 0.530. The van der Waals surface area contributed by atoms with Crippen molar-refractivity contribution in [1.29, 1.82) is 0 Å². The van der Waals surface area contributed by atoms with Gasteiger partial charge in [0.05, 0.1) is 24.0 Å². The standard InChI is InChI=1S/C28H31N3O4.H2/c1-19(2)34-24-10-8-21(16-20(24)3)27(33)30-14-12-28(13-15-30)26-11-9-22(17-29-18-32)31(26)23-6-4-5-7-25(23)35-28;/h4-11,16,18-19H,12-15,17H2,1-3H3,(H,29,32);1H. The Bertz CT molecular complexity index is 1260. The molecule has 2 aliphatic rings. The maximum absolute atomic E-state index is 13.3. The van der Waals surface area contributed by atoms with E-state index in [4.69, 9.17) is 9.47 Å². The van der Waals surface area contributed by atoms with Crippen molar-refractivity contribution in [2.45, 2.75) is 51.9 Å². The number of nitrogens with zero attached hydrogens (tertiary/aromatic N) is 2. The number of rotatable bonds is 6. The van der Waals surface area contributed by atoms with E-state index in [1.807, 2.05) is 74.2 Å². The van der Waals surface area contributed by atoms with Crippen LogP contribution in [0.5, 0.6) is 11.5 Å². The van der Waals surface area contributed by atoms with Crippen molar-refractivity contribution in [3.63, 3.8) is 0 Å². The molecule has 0 radical (unpaired) electrons. The maximum Gasteiger partial charge on any atom is 0.253 e. The highest BCUT2D eigenvalue weighted by atomic mass is 16.5. The number of hydrogen-bond acceptors (Lipinski definition) is 4. The SMILES string of the molecule is Cc1cc(C(=O)N2CCC3(CC2)Oc2ccccc2-n2c(CNC=O)ccc23)ccc1OC(C)C.[HH]. The zero-order valence-corrected chi connectivity index (χ0v) is 20.4. The summed E-state index contributed by atoms with van der Waals surface area (Å²) >= 11 is 0. The summed E-state index contributed by atoms with van der Waals surface area (Å²) < 4.78 is 14.7. The first-order chi connectivity index (χ1) is 16.9. The van der Waals surface area contributed by atoms with Gasteiger partial charge >= 0.3 is 0 Å². The summed E-state index contributed by atoms with van der Waals surface area (Å²) in [6, 6.07) is 17.8. The second-order valence-corrected chi connectivity index (χ2v) is 9.55. The molecule has 0 bridgehead atoms. The number of para-hydroxylation sites is 2. The van der Waals surface area contributed by atoms with Gasteiger partial charge in [-0.15, -0.1) is 0 Å². The molecule has 1 N–H and O–H groups in total. The van der Waals surface area contributed by atoms with E-state index < -0.39 is 5.60 Å². The third kappa shape index (κ3) is 4.16. The van der Waals surface area contributed by atoms with Gasteiger partial charge in [-0.2, -0.15) is 0 Å². The molecule has 2 aromatic carbocycles. The molecule has 5 rings (SSSR count). The van der Waals surface area contributed by atoms with E-state index in [0.29, 0.717) is 44.4 Å². The zero-order chi connectivity index (χ0) is 24.6. The third-order valence-electron chi connectivity index (χ3n) is 6.85. The molecular weight excluding hydrogens is 442 g/mol. The van der Waals surface area contributed by atoms with Crippen molar-refractivity contribution < 1.29 is 20.5 Å². The number of benzene rings is 2. The fourth-order valence-corrected chi connectivity index (χ4v) is 5.17. The van der Waals surface area contributed by atoms with Crippen LogP contribution in [-0.4, -0.2) is 41.0 Å². The molecule has 1 fully saturated rings. The van der Waals surface area contributed by atoms with Gasteiger partial charge in [0.25, 0.3) is 5.91 Å². The number of nitrogens with one attached hydrogen (secondary N) is 1. The van der Waals surface area contributed by atoms with Crippen molar-refractivity contribution in [3.05, 3.63) is 77.1 Å². The van der Waals surface area contributed by atoms with Gasteiger partial charge in [0.15, 0.2) is 5.60 Å². The van der Waals surface area contributed by atoms with Gasteiger partial charge in [-0.25, -0.2) is 0 Å². The van der Waals surface area contributed by atoms with Crippen LogP contribution in [0, 0.1) is 6.92 Å². The van der Waals surface area contributed by atoms with E-state index in [1.54, 1.807) is 0 Å². The Morgan fingerprint density at radius 3 is 2.66 bits per heavy atom. The number of piperidine rings is 1. The lowest BCUT2D eigenvalue weighted by atomic mass is 9.86. The van der Waals surface area contributed by atoms with Crippen LogP contribution in [0.4, 0.5) is 0 Å². The Balaban J connectivity index is 0.00000304. The number of carbonyl (C=O) groups is 2. The van der Waals surface area contributed by atoms with E-state index in [1.165, 1.54) is 0 Å². The molecule has 0 aliphatic carbocycles. The minimum Gasteiger partial charge on any atom is -0.491 e. The van der Waals surface area contributed by atoms with Crippen LogP contribution in [0.3, 0.4) is 0 Å². The summed E-state index contributed by atoms with van der Waals surface area (Å²) in [5, 5.41) is 2.78. The molecule has 1 aromatic heterocycles. The van der Waals surface area contributed by atoms with E-state index in [2.05, 4.69) is 16.0 Å². The molecular formula is C28H33N3O4. The number of carbonyl (C=O) groups excluding carboxylic acids is 2. The van der Waals surface area contributed by atoms with Crippen molar-refractivity contribution in [1.82, 2.24) is 14.8 Å². The zero-order valence-electron chi connectivity index (χ0n) is 20.4. The highest BCUT2D eigenvalue weighted by molar-refractivity contribution is 5.94. The van der Waals surface area contributed by atoms with Crippen molar-refractivity contribution in [3.8, 4) is 17.2 Å². The number of hydrogen-bond donors (Lipinski definition) is 1. The van der Waals surface area contributed by atoms with Crippen LogP contribution < -0.4 is 14.8 Å². The molecule has 0 unspecified atom stereocenters. The topological polar surface area (TPSA) is 72.8 Å². The normalized spacial score (nSPS) is 15.8. The average molecular weight is 476 g/mol. The number of ether oxygens (including phenoxy) is 2. The van der Waals surface area contributed by atoms with Gasteiger partial charge in [-0.05, 0) is 68.8 Å². The first-order valence-electron chi connectivity index (χ1n) is 12.1. The van der Waals surface area contributed by atoms with Gasteiger partial charge < -0.3 is 24.3 Å². The Labute approximate surface area is 207 Å². The van der Waals surface area contributed by atoms with Gasteiger partial charge in [0.2, 0.25) is 6.41 Å². The first-order valence-corrected chi connectivity index (χ1v) is 12.1. The number of likely N-dealkylation sites (tertiary alicyclic amines) is 1. The van der Waals surface area contributed by atoms with Gasteiger partial charge in [-0.3, -0.25) is 9.59 Å². The molecule has 2 aliphatic heterocycles. The molecule has 3 heterocycles. The largest absolute Gasteiger partial charge is 0.491 e. The molecule has 7 nitrogen and oxygen atoms in total. The van der Waals surface area contributed by atoms with Gasteiger partial charge in [-0.1, -0.05) is 12.1 Å². The summed E-state index contributed by atoms with van der Waals surface area (Å²) in [6.45, 7) is 7.58. The van der Waals surface area contributed by atoms with Crippen LogP contribution in [0.25, 0.3) is 5.69 Å². The van der Waals surface area contributed by atoms with E-state index >= 15 is 0 Å². The molecule has 0 atom stereocenters. The number of aromatic nitrogens is 1. The Morgan fingerprint density at radius 1 is 1.17 bits per heavy atom. The summed E-state index contributed by atoms with van der Waals surface area (Å²) in [5.74, 6) is 1.66. The minimum atomic E-state index is -0.518. The second kappa shape index (κ2) is 9.13. The van der Waals surface area contributed by atoms with E-state index in [9.17, 15) is 9.59 Å². The number of fused-ring (bicyclic) bond motifs is 4. The second-order valence-electron chi connectivity index (χ2n) is 9.55. The fourth-order valence-electron chi connectivity index (χ4n) is 5.17. The predicted molar refractivity (Wildman–Crippen MR) is 135 cm³/mol. The molecule has 2 amide bonds. The molecule has 1 saturated heterocycles. The number of amides is 2. The van der Waals surface area contributed by atoms with Gasteiger partial charge in [0, 0.05) is 38.6 Å². The highest BCUT2D eigenvalue weighted by Crippen LogP contribution is 2.46. The summed E-state index contributed by atoms with van der Waals surface area (Å²) in [5.41, 5.74) is 4.15. The van der Waals surface area contributed by atoms with Crippen molar-refractivity contribution in [2.24, 2.45) is 0 Å². The molecule has 0 saturated carbocycles. The fraction of sp³-hybridized carbons (Fsp3) is 0.357. The third-order valence-corrected chi connectivity index (χ3v) is 6.85. The Hall–Kier alpha value is -3.74. The van der Waals surface area contributed by atoms with Crippen LogP contribution in [-0.2, 0) is 16.9 Å². The average Bonchev–Trinajstić information content (AvgIpc) is 3.29. The smallest absolute Gasteiger partial charge is 0.253 e. The summed E-state index contributed by atoms with van der Waals surface area (Å²) in [4.78, 5) is 26.2. The Morgan fingerprint density at radius 2 is 1.94 bits per heavy atom. The lowest BCUT2D eigenvalue weighted by Gasteiger charge is -2.45. The van der Waals surface area contributed by atoms with Crippen LogP contribution >= 0.6 is 0 Å². The first kappa shape index (κ1) is 23.0. The predicted octanol–water partition coefficient (Wildman–Crippen LogP) is 4.59.